The molecule has 0 amide bonds. The molecule has 1 rings (SSSR count). The van der Waals surface area contributed by atoms with Gasteiger partial charge in [0.2, 0.25) is 5.89 Å². The van der Waals surface area contributed by atoms with E-state index >= 15 is 0 Å². The highest BCUT2D eigenvalue weighted by Gasteiger charge is 2.24. The van der Waals surface area contributed by atoms with E-state index in [9.17, 15) is 4.79 Å². The zero-order chi connectivity index (χ0) is 9.84. The molecule has 5 nitrogen and oxygen atoms in total. The molecule has 0 fully saturated rings. The van der Waals surface area contributed by atoms with Crippen molar-refractivity contribution in [1.29, 1.82) is 0 Å². The summed E-state index contributed by atoms with van der Waals surface area (Å²) in [6, 6.07) is 0. The van der Waals surface area contributed by atoms with E-state index in [0.29, 0.717) is 11.7 Å². The van der Waals surface area contributed by atoms with Crippen molar-refractivity contribution in [1.82, 2.24) is 4.98 Å². The van der Waals surface area contributed by atoms with Gasteiger partial charge in [-0.1, -0.05) is 0 Å². The van der Waals surface area contributed by atoms with Crippen LogP contribution in [0.15, 0.2) is 10.6 Å². The largest absolute Gasteiger partial charge is 0.468 e. The molecule has 72 valence electrons. The van der Waals surface area contributed by atoms with Crippen molar-refractivity contribution in [3.05, 3.63) is 17.8 Å². The number of aryl methyl sites for hydroxylation is 1. The van der Waals surface area contributed by atoms with Gasteiger partial charge in [0.15, 0.2) is 0 Å². The number of hydrogen-bond donors (Lipinski definition) is 1. The summed E-state index contributed by atoms with van der Waals surface area (Å²) in [6.07, 6.45) is 1.54. The van der Waals surface area contributed by atoms with E-state index < -0.39 is 11.9 Å². The molecule has 1 heterocycles. The zero-order valence-electron chi connectivity index (χ0n) is 7.61. The fraction of sp³-hybridized carbons (Fsp3) is 0.500. The minimum atomic E-state index is -0.598. The van der Waals surface area contributed by atoms with Crippen molar-refractivity contribution in [2.45, 2.75) is 12.8 Å². The molecule has 0 radical (unpaired) electrons. The number of carbonyl (C=O) groups excluding carboxylic acids is 1. The van der Waals surface area contributed by atoms with E-state index in [-0.39, 0.29) is 6.54 Å². The number of nitrogens with zero attached hydrogens (tertiary/aromatic N) is 1. The molecule has 0 aliphatic rings. The molecule has 0 bridgehead atoms. The van der Waals surface area contributed by atoms with Crippen LogP contribution in [0, 0.1) is 6.92 Å². The first-order chi connectivity index (χ1) is 6.19. The third-order valence-corrected chi connectivity index (χ3v) is 1.66. The predicted molar refractivity (Wildman–Crippen MR) is 45.1 cm³/mol. The third kappa shape index (κ3) is 2.06. The molecule has 2 N–H and O–H groups in total. The first kappa shape index (κ1) is 9.73. The number of esters is 1. The van der Waals surface area contributed by atoms with Crippen LogP contribution in [0.5, 0.6) is 0 Å². The van der Waals surface area contributed by atoms with Gasteiger partial charge in [-0.05, 0) is 6.92 Å². The monoisotopic (exact) mass is 184 g/mol. The second kappa shape index (κ2) is 4.04. The first-order valence-corrected chi connectivity index (χ1v) is 3.89. The summed E-state index contributed by atoms with van der Waals surface area (Å²) in [6.45, 7) is 1.88. The van der Waals surface area contributed by atoms with Crippen LogP contribution < -0.4 is 5.73 Å². The summed E-state index contributed by atoms with van der Waals surface area (Å²) in [5.41, 5.74) is 5.39. The fourth-order valence-electron chi connectivity index (χ4n) is 0.973. The van der Waals surface area contributed by atoms with Crippen molar-refractivity contribution in [3.63, 3.8) is 0 Å². The molecule has 0 aromatic carbocycles. The van der Waals surface area contributed by atoms with Crippen LogP contribution in [0.1, 0.15) is 17.6 Å². The molecular formula is C8H12N2O3. The molecule has 0 unspecified atom stereocenters. The number of aromatic nitrogens is 1. The summed E-state index contributed by atoms with van der Waals surface area (Å²) >= 11 is 0. The number of carbonyl (C=O) groups is 1. The predicted octanol–water partition coefficient (Wildman–Crippen LogP) is 0.198. The Morgan fingerprint density at radius 1 is 1.85 bits per heavy atom. The minimum absolute atomic E-state index is 0.132. The molecular weight excluding hydrogens is 172 g/mol. The lowest BCUT2D eigenvalue weighted by molar-refractivity contribution is -0.142. The van der Waals surface area contributed by atoms with Gasteiger partial charge in [0.25, 0.3) is 0 Å². The quantitative estimate of drug-likeness (QED) is 0.679. The van der Waals surface area contributed by atoms with Gasteiger partial charge >= 0.3 is 5.97 Å². The van der Waals surface area contributed by atoms with Gasteiger partial charge in [-0.2, -0.15) is 0 Å². The number of hydrogen-bond acceptors (Lipinski definition) is 5. The SMILES string of the molecule is COC(=O)[C@H](CN)c1ncc(C)o1. The van der Waals surface area contributed by atoms with Crippen LogP contribution in [-0.2, 0) is 9.53 Å². The van der Waals surface area contributed by atoms with E-state index in [4.69, 9.17) is 10.2 Å². The molecule has 0 saturated heterocycles. The number of nitrogens with two attached hydrogens (primary N) is 1. The second-order valence-electron chi connectivity index (χ2n) is 2.62. The van der Waals surface area contributed by atoms with Gasteiger partial charge in [0.1, 0.15) is 11.7 Å². The molecule has 13 heavy (non-hydrogen) atoms. The lowest BCUT2D eigenvalue weighted by Crippen LogP contribution is -2.23. The Morgan fingerprint density at radius 2 is 2.54 bits per heavy atom. The molecule has 0 spiro atoms. The molecule has 1 aromatic heterocycles. The van der Waals surface area contributed by atoms with E-state index in [1.807, 2.05) is 0 Å². The summed E-state index contributed by atoms with van der Waals surface area (Å²) in [4.78, 5) is 15.1. The number of methoxy groups -OCH3 is 1. The maximum absolute atomic E-state index is 11.2. The Hall–Kier alpha value is -1.36. The zero-order valence-corrected chi connectivity index (χ0v) is 7.61. The van der Waals surface area contributed by atoms with Gasteiger partial charge < -0.3 is 14.9 Å². The molecule has 5 heteroatoms. The number of oxazole rings is 1. The van der Waals surface area contributed by atoms with Crippen LogP contribution in [0.2, 0.25) is 0 Å². The maximum Gasteiger partial charge on any atom is 0.319 e. The van der Waals surface area contributed by atoms with E-state index in [1.54, 1.807) is 13.1 Å². The maximum atomic E-state index is 11.2. The van der Waals surface area contributed by atoms with Crippen LogP contribution >= 0.6 is 0 Å². The standard InChI is InChI=1S/C8H12N2O3/c1-5-4-10-7(13-5)6(3-9)8(11)12-2/h4,6H,3,9H2,1-2H3/t6-/m1/s1. The van der Waals surface area contributed by atoms with Crippen LogP contribution in [0.3, 0.4) is 0 Å². The van der Waals surface area contributed by atoms with Crippen molar-refractivity contribution < 1.29 is 13.9 Å². The molecule has 0 aliphatic carbocycles. The Labute approximate surface area is 75.9 Å². The van der Waals surface area contributed by atoms with Crippen molar-refractivity contribution in [2.75, 3.05) is 13.7 Å². The van der Waals surface area contributed by atoms with Crippen molar-refractivity contribution in [3.8, 4) is 0 Å². The Balaban J connectivity index is 2.84. The summed E-state index contributed by atoms with van der Waals surface area (Å²) < 4.78 is 9.72. The van der Waals surface area contributed by atoms with E-state index in [2.05, 4.69) is 9.72 Å². The van der Waals surface area contributed by atoms with Gasteiger partial charge in [0.05, 0.1) is 13.3 Å². The first-order valence-electron chi connectivity index (χ1n) is 3.89. The van der Waals surface area contributed by atoms with Gasteiger partial charge in [-0.3, -0.25) is 4.79 Å². The third-order valence-electron chi connectivity index (χ3n) is 1.66. The number of ether oxygens (including phenoxy) is 1. The minimum Gasteiger partial charge on any atom is -0.468 e. The fourth-order valence-corrected chi connectivity index (χ4v) is 0.973. The average molecular weight is 184 g/mol. The van der Waals surface area contributed by atoms with Crippen LogP contribution in [0.25, 0.3) is 0 Å². The van der Waals surface area contributed by atoms with E-state index in [0.717, 1.165) is 0 Å². The highest BCUT2D eigenvalue weighted by molar-refractivity contribution is 5.76. The van der Waals surface area contributed by atoms with Crippen molar-refractivity contribution >= 4 is 5.97 Å². The summed E-state index contributed by atoms with van der Waals surface area (Å²) in [5.74, 6) is -0.0627. The smallest absolute Gasteiger partial charge is 0.319 e. The van der Waals surface area contributed by atoms with Gasteiger partial charge in [0, 0.05) is 6.54 Å². The number of rotatable bonds is 3. The average Bonchev–Trinajstić information content (AvgIpc) is 2.53. The Morgan fingerprint density at radius 3 is 2.92 bits per heavy atom. The Bertz CT molecular complexity index is 295. The van der Waals surface area contributed by atoms with Gasteiger partial charge in [-0.25, -0.2) is 4.98 Å². The lowest BCUT2D eigenvalue weighted by atomic mass is 10.1. The lowest BCUT2D eigenvalue weighted by Gasteiger charge is -2.07. The van der Waals surface area contributed by atoms with Crippen molar-refractivity contribution in [2.24, 2.45) is 5.73 Å². The highest BCUT2D eigenvalue weighted by atomic mass is 16.5. The second-order valence-corrected chi connectivity index (χ2v) is 2.62. The topological polar surface area (TPSA) is 78.4 Å². The van der Waals surface area contributed by atoms with Crippen LogP contribution in [0.4, 0.5) is 0 Å². The normalized spacial score (nSPS) is 12.5. The molecule has 0 aliphatic heterocycles. The molecule has 0 saturated carbocycles. The van der Waals surface area contributed by atoms with E-state index in [1.165, 1.54) is 7.11 Å². The van der Waals surface area contributed by atoms with Gasteiger partial charge in [-0.15, -0.1) is 0 Å². The highest BCUT2D eigenvalue weighted by Crippen LogP contribution is 2.15. The Kier molecular flexibility index (Phi) is 3.02. The summed E-state index contributed by atoms with van der Waals surface area (Å²) in [5, 5.41) is 0. The van der Waals surface area contributed by atoms with Crippen LogP contribution in [-0.4, -0.2) is 24.6 Å². The molecule has 1 atom stereocenters. The molecule has 1 aromatic rings. The summed E-state index contributed by atoms with van der Waals surface area (Å²) in [7, 11) is 1.31.